The lowest BCUT2D eigenvalue weighted by Gasteiger charge is -2.14. The van der Waals surface area contributed by atoms with Crippen molar-refractivity contribution in [1.29, 1.82) is 0 Å². The minimum Gasteiger partial charge on any atom is -0.356 e. The summed E-state index contributed by atoms with van der Waals surface area (Å²) in [7, 11) is 0. The molecule has 1 aliphatic rings. The van der Waals surface area contributed by atoms with Crippen LogP contribution in [0.1, 0.15) is 24.5 Å². The highest BCUT2D eigenvalue weighted by Crippen LogP contribution is 2.32. The van der Waals surface area contributed by atoms with Gasteiger partial charge < -0.3 is 5.32 Å². The summed E-state index contributed by atoms with van der Waals surface area (Å²) in [6.45, 7) is 2.82. The third-order valence-corrected chi connectivity index (χ3v) is 5.95. The van der Waals surface area contributed by atoms with Crippen LogP contribution in [-0.2, 0) is 16.0 Å². The number of carbonyl (C=O) groups excluding carboxylic acids is 2. The maximum Gasteiger partial charge on any atom is 0.266 e. The van der Waals surface area contributed by atoms with Crippen LogP contribution in [0.2, 0.25) is 0 Å². The van der Waals surface area contributed by atoms with E-state index in [0.717, 1.165) is 17.6 Å². The molecule has 4 nitrogen and oxygen atoms in total. The zero-order valence-corrected chi connectivity index (χ0v) is 18.5. The number of nitrogens with one attached hydrogen (secondary N) is 1. The highest BCUT2D eigenvalue weighted by molar-refractivity contribution is 8.26. The minimum atomic E-state index is -0.136. The lowest BCUT2D eigenvalue weighted by Crippen LogP contribution is -2.34. The van der Waals surface area contributed by atoms with Gasteiger partial charge >= 0.3 is 0 Å². The summed E-state index contributed by atoms with van der Waals surface area (Å²) in [5.41, 5.74) is 3.23. The fraction of sp³-hybridized carbons (Fsp3) is 0.208. The molecule has 1 saturated heterocycles. The molecule has 0 spiro atoms. The molecular weight excluding hydrogens is 412 g/mol. The molecule has 2 amide bonds. The smallest absolute Gasteiger partial charge is 0.266 e. The fourth-order valence-electron chi connectivity index (χ4n) is 3.05. The Hall–Kier alpha value is -2.70. The number of nitrogens with zero attached hydrogens (tertiary/aromatic N) is 1. The lowest BCUT2D eigenvalue weighted by molar-refractivity contribution is -0.123. The number of hydrogen-bond donors (Lipinski definition) is 1. The molecule has 2 aromatic carbocycles. The van der Waals surface area contributed by atoms with Crippen LogP contribution in [0.3, 0.4) is 0 Å². The molecule has 1 fully saturated rings. The van der Waals surface area contributed by atoms with Gasteiger partial charge in [-0.3, -0.25) is 14.5 Å². The van der Waals surface area contributed by atoms with Crippen molar-refractivity contribution >= 4 is 46.2 Å². The summed E-state index contributed by atoms with van der Waals surface area (Å²) in [6, 6.07) is 19.9. The topological polar surface area (TPSA) is 49.4 Å². The largest absolute Gasteiger partial charge is 0.356 e. The molecule has 3 rings (SSSR count). The fourth-order valence-corrected chi connectivity index (χ4v) is 4.40. The first kappa shape index (κ1) is 22.0. The third-order valence-electron chi connectivity index (χ3n) is 4.57. The molecule has 154 valence electrons. The number of benzene rings is 2. The Morgan fingerprint density at radius 2 is 1.77 bits per heavy atom. The normalized spacial score (nSPS) is 15.7. The number of carbonyl (C=O) groups is 2. The van der Waals surface area contributed by atoms with E-state index in [1.54, 1.807) is 0 Å². The van der Waals surface area contributed by atoms with Crippen molar-refractivity contribution in [2.24, 2.45) is 0 Å². The minimum absolute atomic E-state index is 0.0795. The molecule has 0 atom stereocenters. The molecule has 6 heteroatoms. The summed E-state index contributed by atoms with van der Waals surface area (Å²) in [5, 5.41) is 2.90. The molecule has 0 unspecified atom stereocenters. The maximum absolute atomic E-state index is 12.7. The molecule has 0 saturated carbocycles. The van der Waals surface area contributed by atoms with Crippen LogP contribution in [0.5, 0.6) is 0 Å². The first-order valence-corrected chi connectivity index (χ1v) is 11.0. The van der Waals surface area contributed by atoms with E-state index in [1.165, 1.54) is 22.2 Å². The number of allylic oxidation sites excluding steroid dienone is 2. The van der Waals surface area contributed by atoms with Crippen molar-refractivity contribution in [2.45, 2.75) is 19.8 Å². The number of rotatable bonds is 8. The van der Waals surface area contributed by atoms with Crippen molar-refractivity contribution in [2.75, 3.05) is 13.1 Å². The monoisotopic (exact) mass is 436 g/mol. The molecular formula is C24H24N2O2S2. The van der Waals surface area contributed by atoms with Crippen LogP contribution in [0.4, 0.5) is 0 Å². The molecule has 1 heterocycles. The Bertz CT molecular complexity index is 969. The Balaban J connectivity index is 1.49. The van der Waals surface area contributed by atoms with E-state index in [9.17, 15) is 9.59 Å². The van der Waals surface area contributed by atoms with Gasteiger partial charge in [0.25, 0.3) is 5.91 Å². The van der Waals surface area contributed by atoms with Crippen molar-refractivity contribution in [1.82, 2.24) is 10.2 Å². The molecule has 0 bridgehead atoms. The molecule has 30 heavy (non-hydrogen) atoms. The summed E-state index contributed by atoms with van der Waals surface area (Å²) < 4.78 is 0.496. The highest BCUT2D eigenvalue weighted by atomic mass is 32.2. The summed E-state index contributed by atoms with van der Waals surface area (Å²) >= 11 is 6.64. The third kappa shape index (κ3) is 6.40. The van der Waals surface area contributed by atoms with E-state index >= 15 is 0 Å². The quantitative estimate of drug-likeness (QED) is 0.486. The standard InChI is InChI=1S/C24H24N2O2S2/c1-18(16-20-10-6-3-7-11-20)17-21-23(28)26(24(29)30-21)15-13-22(27)25-14-12-19-8-4-2-5-9-19/h2-11,16-17H,12-15H2,1H3,(H,25,27)/b18-16-,21-17+. The van der Waals surface area contributed by atoms with Gasteiger partial charge in [0.15, 0.2) is 0 Å². The van der Waals surface area contributed by atoms with Gasteiger partial charge in [0.2, 0.25) is 5.91 Å². The van der Waals surface area contributed by atoms with Gasteiger partial charge in [-0.25, -0.2) is 0 Å². The zero-order valence-electron chi connectivity index (χ0n) is 16.8. The second-order valence-corrected chi connectivity index (χ2v) is 8.64. The van der Waals surface area contributed by atoms with Crippen molar-refractivity contribution in [3.05, 3.63) is 88.3 Å². The summed E-state index contributed by atoms with van der Waals surface area (Å²) in [5.74, 6) is -0.216. The lowest BCUT2D eigenvalue weighted by atomic mass is 10.1. The summed E-state index contributed by atoms with van der Waals surface area (Å²) in [6.07, 6.45) is 4.88. The van der Waals surface area contributed by atoms with Crippen LogP contribution in [0.25, 0.3) is 6.08 Å². The van der Waals surface area contributed by atoms with E-state index < -0.39 is 0 Å². The molecule has 0 aliphatic carbocycles. The Morgan fingerprint density at radius 3 is 2.47 bits per heavy atom. The highest BCUT2D eigenvalue weighted by Gasteiger charge is 2.31. The van der Waals surface area contributed by atoms with Gasteiger partial charge in [-0.2, -0.15) is 0 Å². The van der Waals surface area contributed by atoms with E-state index in [0.29, 0.717) is 22.3 Å². The number of amides is 2. The van der Waals surface area contributed by atoms with E-state index in [4.69, 9.17) is 12.2 Å². The molecule has 0 radical (unpaired) electrons. The van der Waals surface area contributed by atoms with E-state index in [2.05, 4.69) is 5.32 Å². The van der Waals surface area contributed by atoms with E-state index in [-0.39, 0.29) is 18.2 Å². The Kier molecular flexibility index (Phi) is 7.99. The first-order chi connectivity index (χ1) is 14.5. The predicted molar refractivity (Wildman–Crippen MR) is 128 cm³/mol. The second-order valence-electron chi connectivity index (χ2n) is 6.97. The molecule has 2 aromatic rings. The van der Waals surface area contributed by atoms with Crippen LogP contribution in [0, 0.1) is 0 Å². The van der Waals surface area contributed by atoms with Gasteiger partial charge in [0.1, 0.15) is 4.32 Å². The molecule has 1 aliphatic heterocycles. The van der Waals surface area contributed by atoms with Gasteiger partial charge in [-0.05, 0) is 36.1 Å². The van der Waals surface area contributed by atoms with Crippen molar-refractivity contribution in [3.63, 3.8) is 0 Å². The maximum atomic E-state index is 12.7. The van der Waals surface area contributed by atoms with Crippen molar-refractivity contribution in [3.8, 4) is 0 Å². The number of thioether (sulfide) groups is 1. The van der Waals surface area contributed by atoms with Crippen LogP contribution in [-0.4, -0.2) is 34.1 Å². The van der Waals surface area contributed by atoms with Crippen LogP contribution >= 0.6 is 24.0 Å². The Labute approximate surface area is 187 Å². The van der Waals surface area contributed by atoms with Crippen LogP contribution in [0.15, 0.2) is 77.2 Å². The van der Waals surface area contributed by atoms with Gasteiger partial charge in [-0.1, -0.05) is 90.7 Å². The number of thiocarbonyl (C=S) groups is 1. The van der Waals surface area contributed by atoms with E-state index in [1.807, 2.05) is 79.7 Å². The average molecular weight is 437 g/mol. The molecule has 1 N–H and O–H groups in total. The summed E-state index contributed by atoms with van der Waals surface area (Å²) in [4.78, 5) is 27.0. The zero-order chi connectivity index (χ0) is 21.3. The van der Waals surface area contributed by atoms with Gasteiger partial charge in [0.05, 0.1) is 4.91 Å². The van der Waals surface area contributed by atoms with Crippen LogP contribution < -0.4 is 5.32 Å². The van der Waals surface area contributed by atoms with Gasteiger partial charge in [-0.15, -0.1) is 0 Å². The molecule has 0 aromatic heterocycles. The number of hydrogen-bond acceptors (Lipinski definition) is 4. The predicted octanol–water partition coefficient (Wildman–Crippen LogP) is 4.58. The second kappa shape index (κ2) is 10.9. The first-order valence-electron chi connectivity index (χ1n) is 9.82. The average Bonchev–Trinajstić information content (AvgIpc) is 3.00. The SMILES string of the molecule is CC(=C/c1ccccc1)/C=C1/SC(=S)N(CCC(=O)NCCc2ccccc2)C1=O. The van der Waals surface area contributed by atoms with Gasteiger partial charge in [0, 0.05) is 19.5 Å². The Morgan fingerprint density at radius 1 is 1.10 bits per heavy atom. The van der Waals surface area contributed by atoms with Crippen molar-refractivity contribution < 1.29 is 9.59 Å².